The fraction of sp³-hybridized carbons (Fsp3) is 0.556. The summed E-state index contributed by atoms with van der Waals surface area (Å²) >= 11 is 0. The zero-order chi connectivity index (χ0) is 18.6. The summed E-state index contributed by atoms with van der Waals surface area (Å²) in [5, 5.41) is 11.8. The normalized spacial score (nSPS) is 22.2. The molecule has 2 rings (SSSR count). The Morgan fingerprint density at radius 1 is 1.40 bits per heavy atom. The van der Waals surface area contributed by atoms with Gasteiger partial charge in [0.2, 0.25) is 5.91 Å². The average molecular weight is 350 g/mol. The van der Waals surface area contributed by atoms with Crippen LogP contribution in [-0.2, 0) is 19.1 Å². The van der Waals surface area contributed by atoms with Crippen LogP contribution in [-0.4, -0.2) is 60.0 Å². The minimum atomic E-state index is -1.08. The molecule has 1 aliphatic heterocycles. The van der Waals surface area contributed by atoms with Gasteiger partial charge in [0.25, 0.3) is 0 Å². The summed E-state index contributed by atoms with van der Waals surface area (Å²) in [7, 11) is 1.21. The molecule has 1 heterocycles. The van der Waals surface area contributed by atoms with Gasteiger partial charge in [0.1, 0.15) is 5.72 Å². The Labute approximate surface area is 147 Å². The average Bonchev–Trinajstić information content (AvgIpc) is 2.93. The van der Waals surface area contributed by atoms with Crippen molar-refractivity contribution in [3.63, 3.8) is 0 Å². The molecule has 1 saturated heterocycles. The van der Waals surface area contributed by atoms with E-state index in [0.717, 1.165) is 5.56 Å². The van der Waals surface area contributed by atoms with Gasteiger partial charge in [-0.15, -0.1) is 0 Å². The second kappa shape index (κ2) is 7.95. The van der Waals surface area contributed by atoms with Gasteiger partial charge in [-0.3, -0.25) is 9.69 Å². The van der Waals surface area contributed by atoms with E-state index >= 15 is 0 Å². The molecule has 3 atom stereocenters. The zero-order valence-corrected chi connectivity index (χ0v) is 15.1. The highest BCUT2D eigenvalue weighted by Crippen LogP contribution is 2.38. The molecule has 0 spiro atoms. The van der Waals surface area contributed by atoms with E-state index in [9.17, 15) is 14.7 Å². The Hall–Kier alpha value is -1.96. The summed E-state index contributed by atoms with van der Waals surface area (Å²) < 4.78 is 10.5. The van der Waals surface area contributed by atoms with Crippen LogP contribution in [0.15, 0.2) is 30.3 Å². The van der Waals surface area contributed by atoms with Crippen molar-refractivity contribution in [1.29, 1.82) is 0 Å². The van der Waals surface area contributed by atoms with Crippen LogP contribution in [0.25, 0.3) is 0 Å². The molecular formula is C18H26N2O5. The van der Waals surface area contributed by atoms with Crippen molar-refractivity contribution < 1.29 is 24.2 Å². The van der Waals surface area contributed by atoms with Gasteiger partial charge in [-0.2, -0.15) is 0 Å². The first-order chi connectivity index (χ1) is 11.8. The van der Waals surface area contributed by atoms with E-state index in [2.05, 4.69) is 10.1 Å². The molecule has 1 aromatic carbocycles. The number of hydrogen-bond acceptors (Lipinski definition) is 6. The molecule has 7 heteroatoms. The number of benzene rings is 1. The molecule has 0 aliphatic carbocycles. The van der Waals surface area contributed by atoms with Crippen LogP contribution in [0.4, 0.5) is 0 Å². The lowest BCUT2D eigenvalue weighted by molar-refractivity contribution is -0.148. The Balaban J connectivity index is 2.20. The van der Waals surface area contributed by atoms with Crippen LogP contribution in [0, 0.1) is 0 Å². The summed E-state index contributed by atoms with van der Waals surface area (Å²) in [5.74, 6) is -1.05. The van der Waals surface area contributed by atoms with E-state index < -0.39 is 30.4 Å². The lowest BCUT2D eigenvalue weighted by Crippen LogP contribution is -2.55. The smallest absolute Gasteiger partial charge is 0.330 e. The zero-order valence-electron chi connectivity index (χ0n) is 15.1. The fourth-order valence-electron chi connectivity index (χ4n) is 3.22. The number of amides is 1. The van der Waals surface area contributed by atoms with Crippen LogP contribution in [0.3, 0.4) is 0 Å². The lowest BCUT2D eigenvalue weighted by atomic mass is 10.0. The van der Waals surface area contributed by atoms with Gasteiger partial charge in [0.15, 0.2) is 6.04 Å². The van der Waals surface area contributed by atoms with Crippen LogP contribution < -0.4 is 5.32 Å². The number of aliphatic hydroxyl groups excluding tert-OH is 1. The van der Waals surface area contributed by atoms with Gasteiger partial charge in [0, 0.05) is 0 Å². The second-order valence-electron chi connectivity index (χ2n) is 6.53. The first-order valence-corrected chi connectivity index (χ1v) is 8.28. The number of esters is 1. The molecule has 1 aromatic rings. The third-order valence-electron chi connectivity index (χ3n) is 4.52. The van der Waals surface area contributed by atoms with E-state index in [-0.39, 0.29) is 11.9 Å². The second-order valence-corrected chi connectivity index (χ2v) is 6.53. The Morgan fingerprint density at radius 3 is 2.60 bits per heavy atom. The molecule has 0 unspecified atom stereocenters. The molecule has 0 radical (unpaired) electrons. The Bertz CT molecular complexity index is 605. The summed E-state index contributed by atoms with van der Waals surface area (Å²) in [6.45, 7) is 5.52. The lowest BCUT2D eigenvalue weighted by Gasteiger charge is -2.38. The first kappa shape index (κ1) is 19.4. The minimum absolute atomic E-state index is 0.0809. The third-order valence-corrected chi connectivity index (χ3v) is 4.52. The van der Waals surface area contributed by atoms with E-state index in [1.807, 2.05) is 49.1 Å². The predicted octanol–water partition coefficient (Wildman–Crippen LogP) is 0.835. The number of methoxy groups -OCH3 is 1. The van der Waals surface area contributed by atoms with Crippen molar-refractivity contribution in [1.82, 2.24) is 10.2 Å². The number of ether oxygens (including phenoxy) is 2. The quantitative estimate of drug-likeness (QED) is 0.739. The van der Waals surface area contributed by atoms with Gasteiger partial charge in [-0.25, -0.2) is 4.79 Å². The number of carbonyl (C=O) groups is 2. The molecular weight excluding hydrogens is 324 g/mol. The van der Waals surface area contributed by atoms with Crippen LogP contribution >= 0.6 is 0 Å². The SMILES string of the molecule is COC(=O)[C@H](CO)NC(=O)[C@H](C)N1[C@H](c2ccccc2)COC1(C)C. The number of nitrogens with one attached hydrogen (secondary N) is 1. The Kier molecular flexibility index (Phi) is 6.16. The summed E-state index contributed by atoms with van der Waals surface area (Å²) in [5.41, 5.74) is 0.413. The molecule has 25 heavy (non-hydrogen) atoms. The molecule has 7 nitrogen and oxygen atoms in total. The number of aliphatic hydroxyl groups is 1. The molecule has 2 N–H and O–H groups in total. The highest BCUT2D eigenvalue weighted by Gasteiger charge is 2.46. The number of hydrogen-bond donors (Lipinski definition) is 2. The largest absolute Gasteiger partial charge is 0.467 e. The van der Waals surface area contributed by atoms with Gasteiger partial charge in [-0.05, 0) is 26.3 Å². The van der Waals surface area contributed by atoms with Crippen molar-refractivity contribution in [2.75, 3.05) is 20.3 Å². The highest BCUT2D eigenvalue weighted by molar-refractivity contribution is 5.87. The number of carbonyl (C=O) groups excluding carboxylic acids is 2. The van der Waals surface area contributed by atoms with E-state index in [1.54, 1.807) is 6.92 Å². The van der Waals surface area contributed by atoms with Crippen molar-refractivity contribution in [2.24, 2.45) is 0 Å². The maximum atomic E-state index is 12.7. The van der Waals surface area contributed by atoms with Crippen molar-refractivity contribution in [3.8, 4) is 0 Å². The maximum absolute atomic E-state index is 12.7. The minimum Gasteiger partial charge on any atom is -0.467 e. The van der Waals surface area contributed by atoms with Gasteiger partial charge in [0.05, 0.1) is 32.4 Å². The predicted molar refractivity (Wildman–Crippen MR) is 91.5 cm³/mol. The molecule has 1 fully saturated rings. The van der Waals surface area contributed by atoms with Gasteiger partial charge >= 0.3 is 5.97 Å². The molecule has 0 saturated carbocycles. The molecule has 0 bridgehead atoms. The van der Waals surface area contributed by atoms with Crippen molar-refractivity contribution in [3.05, 3.63) is 35.9 Å². The summed E-state index contributed by atoms with van der Waals surface area (Å²) in [4.78, 5) is 26.2. The molecule has 138 valence electrons. The summed E-state index contributed by atoms with van der Waals surface area (Å²) in [6.07, 6.45) is 0. The Morgan fingerprint density at radius 2 is 2.04 bits per heavy atom. The standard InChI is InChI=1S/C18H26N2O5/c1-12(16(22)19-14(10-21)17(23)24-4)20-15(11-25-18(20,2)3)13-8-6-5-7-9-13/h5-9,12,14-15,21H,10-11H2,1-4H3,(H,19,22)/t12-,14-,15-/m0/s1. The molecule has 1 aliphatic rings. The topological polar surface area (TPSA) is 88.1 Å². The van der Waals surface area contributed by atoms with Crippen LogP contribution in [0.1, 0.15) is 32.4 Å². The molecule has 0 aromatic heterocycles. The molecule has 1 amide bonds. The first-order valence-electron chi connectivity index (χ1n) is 8.28. The van der Waals surface area contributed by atoms with E-state index in [4.69, 9.17) is 4.74 Å². The summed E-state index contributed by atoms with van der Waals surface area (Å²) in [6, 6.07) is 8.10. The maximum Gasteiger partial charge on any atom is 0.330 e. The number of rotatable bonds is 6. The van der Waals surface area contributed by atoms with Crippen molar-refractivity contribution in [2.45, 2.75) is 44.6 Å². The van der Waals surface area contributed by atoms with Crippen molar-refractivity contribution >= 4 is 11.9 Å². The fourth-order valence-corrected chi connectivity index (χ4v) is 3.22. The van der Waals surface area contributed by atoms with E-state index in [0.29, 0.717) is 6.61 Å². The number of nitrogens with zero attached hydrogens (tertiary/aromatic N) is 1. The third kappa shape index (κ3) is 4.18. The monoisotopic (exact) mass is 350 g/mol. The van der Waals surface area contributed by atoms with Gasteiger partial charge < -0.3 is 19.9 Å². The van der Waals surface area contributed by atoms with Gasteiger partial charge in [-0.1, -0.05) is 30.3 Å². The van der Waals surface area contributed by atoms with Crippen LogP contribution in [0.5, 0.6) is 0 Å². The van der Waals surface area contributed by atoms with E-state index in [1.165, 1.54) is 7.11 Å². The highest BCUT2D eigenvalue weighted by atomic mass is 16.5. The van der Waals surface area contributed by atoms with Crippen LogP contribution in [0.2, 0.25) is 0 Å².